The molecule has 24 heavy (non-hydrogen) atoms. The molecule has 0 bridgehead atoms. The minimum atomic E-state index is 0.407. The molecule has 2 N–H and O–H groups in total. The number of rotatable bonds is 8. The van der Waals surface area contributed by atoms with Gasteiger partial charge in [-0.25, -0.2) is 0 Å². The predicted octanol–water partition coefficient (Wildman–Crippen LogP) is 2.23. The van der Waals surface area contributed by atoms with E-state index in [0.717, 1.165) is 44.0 Å². The lowest BCUT2D eigenvalue weighted by Gasteiger charge is -2.30. The summed E-state index contributed by atoms with van der Waals surface area (Å²) in [7, 11) is 3.69. The van der Waals surface area contributed by atoms with E-state index in [1.165, 1.54) is 58.0 Å². The van der Waals surface area contributed by atoms with Crippen LogP contribution in [0.2, 0.25) is 0 Å². The van der Waals surface area contributed by atoms with Gasteiger partial charge in [-0.15, -0.1) is 0 Å². The van der Waals surface area contributed by atoms with Crippen LogP contribution in [0.3, 0.4) is 0 Å². The summed E-state index contributed by atoms with van der Waals surface area (Å²) >= 11 is 0. The highest BCUT2D eigenvalue weighted by atomic mass is 16.5. The molecule has 0 spiro atoms. The van der Waals surface area contributed by atoms with Crippen molar-refractivity contribution in [3.8, 4) is 0 Å². The summed E-state index contributed by atoms with van der Waals surface area (Å²) < 4.78 is 5.33. The van der Waals surface area contributed by atoms with Crippen molar-refractivity contribution in [2.45, 2.75) is 57.4 Å². The van der Waals surface area contributed by atoms with Gasteiger partial charge < -0.3 is 20.3 Å². The van der Waals surface area contributed by atoms with Crippen LogP contribution in [0.4, 0.5) is 0 Å². The second-order valence-corrected chi connectivity index (χ2v) is 8.14. The Morgan fingerprint density at radius 1 is 1.21 bits per heavy atom. The van der Waals surface area contributed by atoms with Crippen molar-refractivity contribution in [2.75, 3.05) is 46.9 Å². The minimum Gasteiger partial charge on any atom is -0.385 e. The highest BCUT2D eigenvalue weighted by molar-refractivity contribution is 5.79. The number of guanidine groups is 1. The first kappa shape index (κ1) is 18.0. The Kier molecular flexibility index (Phi) is 6.39. The molecule has 0 aromatic rings. The summed E-state index contributed by atoms with van der Waals surface area (Å²) in [6.07, 6.45) is 10.7. The standard InChI is InChI=1S/C19H36N4O/c1-20-18(21-13-16-7-11-23(14-16)17-5-6-17)22-15-19(10-12-24-2)8-3-4-9-19/h16-17H,3-15H2,1-2H3,(H2,20,21,22). The molecule has 1 unspecified atom stereocenters. The first-order valence-electron chi connectivity index (χ1n) is 9.92. The number of methoxy groups -OCH3 is 1. The van der Waals surface area contributed by atoms with Crippen LogP contribution in [0.15, 0.2) is 4.99 Å². The quantitative estimate of drug-likeness (QED) is 0.527. The molecular formula is C19H36N4O. The second kappa shape index (κ2) is 8.52. The van der Waals surface area contributed by atoms with Crippen LogP contribution < -0.4 is 10.6 Å². The molecule has 0 amide bonds. The molecule has 1 atom stereocenters. The number of nitrogens with zero attached hydrogens (tertiary/aromatic N) is 2. The lowest BCUT2D eigenvalue weighted by molar-refractivity contribution is 0.138. The van der Waals surface area contributed by atoms with Crippen LogP contribution in [-0.2, 0) is 4.74 Å². The molecule has 2 aliphatic carbocycles. The molecular weight excluding hydrogens is 300 g/mol. The third-order valence-electron chi connectivity index (χ3n) is 6.29. The van der Waals surface area contributed by atoms with Gasteiger partial charge in [-0.2, -0.15) is 0 Å². The van der Waals surface area contributed by atoms with Crippen LogP contribution in [0.5, 0.6) is 0 Å². The van der Waals surface area contributed by atoms with E-state index in [1.807, 2.05) is 14.2 Å². The molecule has 138 valence electrons. The van der Waals surface area contributed by atoms with Crippen molar-refractivity contribution < 1.29 is 4.74 Å². The van der Waals surface area contributed by atoms with Gasteiger partial charge in [0.25, 0.3) is 0 Å². The Morgan fingerprint density at radius 3 is 2.67 bits per heavy atom. The molecule has 0 aromatic heterocycles. The Hall–Kier alpha value is -0.810. The zero-order valence-electron chi connectivity index (χ0n) is 15.6. The highest BCUT2D eigenvalue weighted by Gasteiger charge is 2.35. The molecule has 0 radical (unpaired) electrons. The fourth-order valence-electron chi connectivity index (χ4n) is 4.49. The average molecular weight is 337 g/mol. The minimum absolute atomic E-state index is 0.407. The van der Waals surface area contributed by atoms with Gasteiger partial charge >= 0.3 is 0 Å². The summed E-state index contributed by atoms with van der Waals surface area (Å²) in [5, 5.41) is 7.17. The highest BCUT2D eigenvalue weighted by Crippen LogP contribution is 2.40. The van der Waals surface area contributed by atoms with E-state index in [1.54, 1.807) is 0 Å². The fraction of sp³-hybridized carbons (Fsp3) is 0.947. The van der Waals surface area contributed by atoms with Crippen molar-refractivity contribution in [2.24, 2.45) is 16.3 Å². The molecule has 3 rings (SSSR count). The lowest BCUT2D eigenvalue weighted by Crippen LogP contribution is -2.45. The Balaban J connectivity index is 1.39. The molecule has 0 aromatic carbocycles. The van der Waals surface area contributed by atoms with Crippen LogP contribution in [0.25, 0.3) is 0 Å². The van der Waals surface area contributed by atoms with E-state index >= 15 is 0 Å². The van der Waals surface area contributed by atoms with E-state index in [0.29, 0.717) is 5.41 Å². The van der Waals surface area contributed by atoms with Crippen LogP contribution in [0.1, 0.15) is 51.4 Å². The third-order valence-corrected chi connectivity index (χ3v) is 6.29. The topological polar surface area (TPSA) is 48.9 Å². The zero-order chi connectivity index (χ0) is 16.8. The largest absolute Gasteiger partial charge is 0.385 e. The van der Waals surface area contributed by atoms with Gasteiger partial charge in [-0.3, -0.25) is 4.99 Å². The summed E-state index contributed by atoms with van der Waals surface area (Å²) in [6, 6.07) is 0.912. The molecule has 2 saturated carbocycles. The van der Waals surface area contributed by atoms with Crippen molar-refractivity contribution >= 4 is 5.96 Å². The van der Waals surface area contributed by atoms with Gasteiger partial charge in [-0.05, 0) is 56.4 Å². The van der Waals surface area contributed by atoms with Crippen molar-refractivity contribution in [3.63, 3.8) is 0 Å². The molecule has 1 heterocycles. The normalized spacial score (nSPS) is 27.6. The molecule has 1 saturated heterocycles. The summed E-state index contributed by atoms with van der Waals surface area (Å²) in [6.45, 7) is 5.51. The number of nitrogens with one attached hydrogen (secondary N) is 2. The van der Waals surface area contributed by atoms with E-state index in [4.69, 9.17) is 4.74 Å². The van der Waals surface area contributed by atoms with E-state index < -0.39 is 0 Å². The maximum atomic E-state index is 5.33. The first-order valence-corrected chi connectivity index (χ1v) is 9.92. The number of ether oxygens (including phenoxy) is 1. The van der Waals surface area contributed by atoms with Gasteiger partial charge in [0.1, 0.15) is 0 Å². The van der Waals surface area contributed by atoms with Gasteiger partial charge in [-0.1, -0.05) is 12.8 Å². The van der Waals surface area contributed by atoms with Gasteiger partial charge in [0.15, 0.2) is 5.96 Å². The van der Waals surface area contributed by atoms with E-state index in [9.17, 15) is 0 Å². The smallest absolute Gasteiger partial charge is 0.191 e. The fourth-order valence-corrected chi connectivity index (χ4v) is 4.49. The van der Waals surface area contributed by atoms with Crippen molar-refractivity contribution in [3.05, 3.63) is 0 Å². The summed E-state index contributed by atoms with van der Waals surface area (Å²) in [5.41, 5.74) is 0.407. The van der Waals surface area contributed by atoms with Crippen LogP contribution >= 0.6 is 0 Å². The predicted molar refractivity (Wildman–Crippen MR) is 99.5 cm³/mol. The van der Waals surface area contributed by atoms with Crippen molar-refractivity contribution in [1.82, 2.24) is 15.5 Å². The van der Waals surface area contributed by atoms with Gasteiger partial charge in [0, 0.05) is 46.4 Å². The lowest BCUT2D eigenvalue weighted by atomic mass is 9.83. The summed E-state index contributed by atoms with van der Waals surface area (Å²) in [5.74, 6) is 1.75. The Labute approximate surface area is 147 Å². The molecule has 3 aliphatic rings. The SMILES string of the molecule is CN=C(NCC1CCN(C2CC2)C1)NCC1(CCOC)CCCC1. The van der Waals surface area contributed by atoms with Crippen molar-refractivity contribution in [1.29, 1.82) is 0 Å². The number of hydrogen-bond donors (Lipinski definition) is 2. The molecule has 3 fully saturated rings. The molecule has 5 heteroatoms. The van der Waals surface area contributed by atoms with Gasteiger partial charge in [0.05, 0.1) is 0 Å². The third kappa shape index (κ3) is 4.85. The van der Waals surface area contributed by atoms with E-state index in [-0.39, 0.29) is 0 Å². The maximum Gasteiger partial charge on any atom is 0.191 e. The molecule has 1 aliphatic heterocycles. The monoisotopic (exact) mass is 336 g/mol. The Bertz CT molecular complexity index is 416. The maximum absolute atomic E-state index is 5.33. The van der Waals surface area contributed by atoms with Crippen LogP contribution in [0, 0.1) is 11.3 Å². The summed E-state index contributed by atoms with van der Waals surface area (Å²) in [4.78, 5) is 7.12. The Morgan fingerprint density at radius 2 is 2.00 bits per heavy atom. The average Bonchev–Trinajstić information content (AvgIpc) is 3.17. The molecule has 5 nitrogen and oxygen atoms in total. The second-order valence-electron chi connectivity index (χ2n) is 8.14. The number of hydrogen-bond acceptors (Lipinski definition) is 3. The zero-order valence-corrected chi connectivity index (χ0v) is 15.6. The first-order chi connectivity index (χ1) is 11.7. The van der Waals surface area contributed by atoms with E-state index in [2.05, 4.69) is 20.5 Å². The number of aliphatic imine (C=N–C) groups is 1. The van der Waals surface area contributed by atoms with Crippen LogP contribution in [-0.4, -0.2) is 63.8 Å². The van der Waals surface area contributed by atoms with Gasteiger partial charge in [0.2, 0.25) is 0 Å². The number of likely N-dealkylation sites (tertiary alicyclic amines) is 1.